The number of nitrogens with one attached hydrogen (secondary N) is 1. The number of fused-ring (bicyclic) bond motifs is 1. The topological polar surface area (TPSA) is 41.6 Å². The molecule has 0 aliphatic carbocycles. The zero-order valence-corrected chi connectivity index (χ0v) is 12.0. The maximum absolute atomic E-state index is 12.6. The molecule has 1 fully saturated rings. The first kappa shape index (κ1) is 13.6. The molecule has 0 saturated carbocycles. The van der Waals surface area contributed by atoms with Crippen LogP contribution in [0.4, 0.5) is 0 Å². The molecule has 20 heavy (non-hydrogen) atoms. The van der Waals surface area contributed by atoms with Gasteiger partial charge in [-0.25, -0.2) is 0 Å². The van der Waals surface area contributed by atoms with Gasteiger partial charge in [0, 0.05) is 26.7 Å². The van der Waals surface area contributed by atoms with E-state index in [2.05, 4.69) is 29.6 Å². The van der Waals surface area contributed by atoms with Gasteiger partial charge in [0.1, 0.15) is 0 Å². The van der Waals surface area contributed by atoms with Gasteiger partial charge in [0.15, 0.2) is 0 Å². The number of ether oxygens (including phenoxy) is 1. The summed E-state index contributed by atoms with van der Waals surface area (Å²) >= 11 is 0. The fourth-order valence-corrected chi connectivity index (χ4v) is 3.18. The Balaban J connectivity index is 1.70. The Morgan fingerprint density at radius 2 is 2.15 bits per heavy atom. The fraction of sp³-hybridized carbons (Fsp3) is 0.562. The molecule has 1 aromatic rings. The van der Waals surface area contributed by atoms with Gasteiger partial charge in [-0.2, -0.15) is 0 Å². The third kappa shape index (κ3) is 2.72. The molecule has 2 aliphatic heterocycles. The molecule has 0 aromatic heterocycles. The van der Waals surface area contributed by atoms with Gasteiger partial charge in [-0.1, -0.05) is 24.3 Å². The molecule has 1 aromatic carbocycles. The van der Waals surface area contributed by atoms with Crippen LogP contribution in [0.2, 0.25) is 0 Å². The van der Waals surface area contributed by atoms with E-state index < -0.39 is 0 Å². The molecule has 108 valence electrons. The summed E-state index contributed by atoms with van der Waals surface area (Å²) in [6, 6.07) is 8.38. The van der Waals surface area contributed by atoms with Crippen molar-refractivity contribution in [1.82, 2.24) is 10.2 Å². The Kier molecular flexibility index (Phi) is 4.03. The minimum Gasteiger partial charge on any atom is -0.380 e. The number of carbonyl (C=O) groups is 1. The Morgan fingerprint density at radius 1 is 1.35 bits per heavy atom. The van der Waals surface area contributed by atoms with Crippen LogP contribution in [0.15, 0.2) is 24.3 Å². The zero-order chi connectivity index (χ0) is 13.9. The fourth-order valence-electron chi connectivity index (χ4n) is 3.18. The molecule has 4 heteroatoms. The summed E-state index contributed by atoms with van der Waals surface area (Å²) in [5.74, 6) is 0.223. The van der Waals surface area contributed by atoms with Crippen molar-refractivity contribution in [2.24, 2.45) is 0 Å². The van der Waals surface area contributed by atoms with Crippen molar-refractivity contribution in [3.8, 4) is 0 Å². The second-order valence-electron chi connectivity index (χ2n) is 5.69. The van der Waals surface area contributed by atoms with Gasteiger partial charge in [-0.05, 0) is 30.4 Å². The van der Waals surface area contributed by atoms with Crippen LogP contribution < -0.4 is 5.32 Å². The highest BCUT2D eigenvalue weighted by atomic mass is 16.5. The third-order valence-electron chi connectivity index (χ3n) is 4.39. The lowest BCUT2D eigenvalue weighted by Gasteiger charge is -2.24. The van der Waals surface area contributed by atoms with Crippen LogP contribution >= 0.6 is 0 Å². The maximum Gasteiger partial charge on any atom is 0.240 e. The number of hydrogen-bond donors (Lipinski definition) is 1. The second kappa shape index (κ2) is 5.94. The van der Waals surface area contributed by atoms with E-state index in [1.54, 1.807) is 7.11 Å². The Morgan fingerprint density at radius 3 is 2.90 bits per heavy atom. The van der Waals surface area contributed by atoms with Gasteiger partial charge < -0.3 is 15.0 Å². The predicted molar refractivity (Wildman–Crippen MR) is 77.4 cm³/mol. The van der Waals surface area contributed by atoms with Crippen molar-refractivity contribution < 1.29 is 9.53 Å². The normalized spacial score (nSPS) is 26.1. The molecule has 1 amide bonds. The van der Waals surface area contributed by atoms with Gasteiger partial charge in [0.2, 0.25) is 5.91 Å². The summed E-state index contributed by atoms with van der Waals surface area (Å²) in [5, 5.41) is 3.28. The first-order valence-corrected chi connectivity index (χ1v) is 7.39. The lowest BCUT2D eigenvalue weighted by atomic mass is 10.0. The van der Waals surface area contributed by atoms with E-state index >= 15 is 0 Å². The highest BCUT2D eigenvalue weighted by molar-refractivity contribution is 5.82. The summed E-state index contributed by atoms with van der Waals surface area (Å²) in [4.78, 5) is 14.6. The Hall–Kier alpha value is -1.39. The standard InChI is InChI=1S/C16H22N2O2/c1-20-14-9-15(17-10-14)16(19)18-8-4-7-12-5-2-3-6-13(12)11-18/h2-3,5-6,14-15,17H,4,7-11H2,1H3. The Labute approximate surface area is 120 Å². The first-order valence-electron chi connectivity index (χ1n) is 7.39. The maximum atomic E-state index is 12.6. The molecule has 1 saturated heterocycles. The highest BCUT2D eigenvalue weighted by Gasteiger charge is 2.32. The van der Waals surface area contributed by atoms with Crippen molar-refractivity contribution in [2.75, 3.05) is 20.2 Å². The van der Waals surface area contributed by atoms with Gasteiger partial charge in [-0.15, -0.1) is 0 Å². The third-order valence-corrected chi connectivity index (χ3v) is 4.39. The van der Waals surface area contributed by atoms with Gasteiger partial charge in [-0.3, -0.25) is 4.79 Å². The number of nitrogens with zero attached hydrogens (tertiary/aromatic N) is 1. The van der Waals surface area contributed by atoms with E-state index in [0.717, 1.165) is 38.9 Å². The molecule has 3 rings (SSSR count). The zero-order valence-electron chi connectivity index (χ0n) is 12.0. The summed E-state index contributed by atoms with van der Waals surface area (Å²) in [7, 11) is 1.71. The average molecular weight is 274 g/mol. The molecule has 0 radical (unpaired) electrons. The molecule has 1 N–H and O–H groups in total. The van der Waals surface area contributed by atoms with E-state index in [1.165, 1.54) is 11.1 Å². The smallest absolute Gasteiger partial charge is 0.240 e. The number of benzene rings is 1. The molecular weight excluding hydrogens is 252 g/mol. The van der Waals surface area contributed by atoms with Crippen LogP contribution in [0.3, 0.4) is 0 Å². The summed E-state index contributed by atoms with van der Waals surface area (Å²) in [5.41, 5.74) is 2.68. The second-order valence-corrected chi connectivity index (χ2v) is 5.69. The number of aryl methyl sites for hydroxylation is 1. The van der Waals surface area contributed by atoms with Crippen LogP contribution in [-0.2, 0) is 22.5 Å². The SMILES string of the molecule is COC1CNC(C(=O)N2CCCc3ccccc3C2)C1. The quantitative estimate of drug-likeness (QED) is 0.885. The summed E-state index contributed by atoms with van der Waals surface area (Å²) < 4.78 is 5.33. The molecule has 2 aliphatic rings. The average Bonchev–Trinajstić information content (AvgIpc) is 2.85. The van der Waals surface area contributed by atoms with Crippen LogP contribution in [0.1, 0.15) is 24.0 Å². The molecule has 2 atom stereocenters. The monoisotopic (exact) mass is 274 g/mol. The molecule has 2 unspecified atom stereocenters. The molecule has 4 nitrogen and oxygen atoms in total. The van der Waals surface area contributed by atoms with Crippen LogP contribution in [-0.4, -0.2) is 43.2 Å². The number of amides is 1. The lowest BCUT2D eigenvalue weighted by molar-refractivity contribution is -0.133. The van der Waals surface area contributed by atoms with E-state index in [4.69, 9.17) is 4.74 Å². The van der Waals surface area contributed by atoms with Crippen molar-refractivity contribution in [3.05, 3.63) is 35.4 Å². The Bertz CT molecular complexity index is 489. The van der Waals surface area contributed by atoms with Crippen LogP contribution in [0.25, 0.3) is 0 Å². The lowest BCUT2D eigenvalue weighted by Crippen LogP contribution is -2.43. The molecular formula is C16H22N2O2. The largest absolute Gasteiger partial charge is 0.380 e. The van der Waals surface area contributed by atoms with Crippen molar-refractivity contribution in [2.45, 2.75) is 38.0 Å². The van der Waals surface area contributed by atoms with E-state index in [1.807, 2.05) is 4.90 Å². The number of methoxy groups -OCH3 is 1. The summed E-state index contributed by atoms with van der Waals surface area (Å²) in [6.07, 6.45) is 3.07. The van der Waals surface area contributed by atoms with Crippen molar-refractivity contribution in [3.63, 3.8) is 0 Å². The molecule has 0 spiro atoms. The summed E-state index contributed by atoms with van der Waals surface area (Å²) in [6.45, 7) is 2.37. The van der Waals surface area contributed by atoms with Crippen LogP contribution in [0.5, 0.6) is 0 Å². The van der Waals surface area contributed by atoms with E-state index in [9.17, 15) is 4.79 Å². The van der Waals surface area contributed by atoms with E-state index in [-0.39, 0.29) is 18.1 Å². The minimum atomic E-state index is -0.0785. The van der Waals surface area contributed by atoms with E-state index in [0.29, 0.717) is 0 Å². The highest BCUT2D eigenvalue weighted by Crippen LogP contribution is 2.20. The molecule has 0 bridgehead atoms. The van der Waals surface area contributed by atoms with Gasteiger partial charge >= 0.3 is 0 Å². The van der Waals surface area contributed by atoms with Crippen LogP contribution in [0, 0.1) is 0 Å². The van der Waals surface area contributed by atoms with Crippen molar-refractivity contribution in [1.29, 1.82) is 0 Å². The van der Waals surface area contributed by atoms with Gasteiger partial charge in [0.25, 0.3) is 0 Å². The van der Waals surface area contributed by atoms with Gasteiger partial charge in [0.05, 0.1) is 12.1 Å². The predicted octanol–water partition coefficient (Wildman–Crippen LogP) is 1.34. The number of rotatable bonds is 2. The number of carbonyl (C=O) groups excluding carboxylic acids is 1. The molecule has 2 heterocycles. The van der Waals surface area contributed by atoms with Crippen molar-refractivity contribution >= 4 is 5.91 Å². The number of hydrogen-bond acceptors (Lipinski definition) is 3. The minimum absolute atomic E-state index is 0.0785. The first-order chi connectivity index (χ1) is 9.78.